The van der Waals surface area contributed by atoms with E-state index in [4.69, 9.17) is 5.73 Å². The lowest BCUT2D eigenvalue weighted by Crippen LogP contribution is -2.58. The molecule has 1 aromatic rings. The largest absolute Gasteiger partial charge is 0.326 e. The molecule has 2 unspecified atom stereocenters. The minimum absolute atomic E-state index is 0.105. The first-order valence-corrected chi connectivity index (χ1v) is 7.49. The molecule has 98 valence electrons. The van der Waals surface area contributed by atoms with Crippen LogP contribution in [0.3, 0.4) is 0 Å². The molecule has 0 aliphatic heterocycles. The highest BCUT2D eigenvalue weighted by atomic mass is 32.1. The molecule has 0 aliphatic carbocycles. The summed E-state index contributed by atoms with van der Waals surface area (Å²) >= 11 is 1.81. The van der Waals surface area contributed by atoms with E-state index in [0.29, 0.717) is 0 Å². The van der Waals surface area contributed by atoms with Gasteiger partial charge in [0.2, 0.25) is 0 Å². The number of rotatable bonds is 7. The third kappa shape index (κ3) is 3.30. The molecule has 17 heavy (non-hydrogen) atoms. The van der Waals surface area contributed by atoms with Gasteiger partial charge in [0.05, 0.1) is 0 Å². The summed E-state index contributed by atoms with van der Waals surface area (Å²) in [6.07, 6.45) is 2.08. The van der Waals surface area contributed by atoms with Crippen LogP contribution >= 0.6 is 11.3 Å². The van der Waals surface area contributed by atoms with E-state index >= 15 is 0 Å². The van der Waals surface area contributed by atoms with Crippen LogP contribution in [0.2, 0.25) is 0 Å². The summed E-state index contributed by atoms with van der Waals surface area (Å²) in [6, 6.07) is 4.49. The zero-order chi connectivity index (χ0) is 12.9. The molecule has 0 aromatic carbocycles. The molecule has 0 fully saturated rings. The van der Waals surface area contributed by atoms with Gasteiger partial charge >= 0.3 is 0 Å². The minimum Gasteiger partial charge on any atom is -0.326 e. The lowest BCUT2D eigenvalue weighted by molar-refractivity contribution is 0.0848. The SMILES string of the molecule is CCN(CC)C(C)(CC)C(N)Cc1cccs1. The summed E-state index contributed by atoms with van der Waals surface area (Å²) in [4.78, 5) is 3.88. The van der Waals surface area contributed by atoms with E-state index < -0.39 is 0 Å². The van der Waals surface area contributed by atoms with Gasteiger partial charge in [0.15, 0.2) is 0 Å². The van der Waals surface area contributed by atoms with Crippen molar-refractivity contribution in [1.82, 2.24) is 4.90 Å². The average Bonchev–Trinajstić information content (AvgIpc) is 2.82. The Labute approximate surface area is 110 Å². The first-order chi connectivity index (χ1) is 8.08. The number of thiophene rings is 1. The van der Waals surface area contributed by atoms with Crippen LogP contribution in [0.25, 0.3) is 0 Å². The summed E-state index contributed by atoms with van der Waals surface area (Å²) in [5, 5.41) is 2.13. The molecule has 1 rings (SSSR count). The Morgan fingerprint density at radius 3 is 2.41 bits per heavy atom. The van der Waals surface area contributed by atoms with Crippen molar-refractivity contribution in [3.05, 3.63) is 22.4 Å². The first kappa shape index (κ1) is 14.7. The maximum Gasteiger partial charge on any atom is 0.0332 e. The molecule has 2 N–H and O–H groups in total. The molecule has 1 aromatic heterocycles. The van der Waals surface area contributed by atoms with Gasteiger partial charge in [0.25, 0.3) is 0 Å². The Bertz CT molecular complexity index is 306. The van der Waals surface area contributed by atoms with Gasteiger partial charge in [-0.15, -0.1) is 11.3 Å². The fraction of sp³-hybridized carbons (Fsp3) is 0.714. The van der Waals surface area contributed by atoms with Gasteiger partial charge in [-0.05, 0) is 44.3 Å². The molecule has 0 radical (unpaired) electrons. The van der Waals surface area contributed by atoms with Gasteiger partial charge in [-0.3, -0.25) is 4.90 Å². The number of nitrogens with zero attached hydrogens (tertiary/aromatic N) is 1. The highest BCUT2D eigenvalue weighted by Crippen LogP contribution is 2.25. The Morgan fingerprint density at radius 2 is 2.00 bits per heavy atom. The molecule has 1 heterocycles. The number of hydrogen-bond acceptors (Lipinski definition) is 3. The van der Waals surface area contributed by atoms with E-state index in [9.17, 15) is 0 Å². The zero-order valence-electron chi connectivity index (χ0n) is 11.6. The van der Waals surface area contributed by atoms with Crippen LogP contribution in [-0.2, 0) is 6.42 Å². The summed E-state index contributed by atoms with van der Waals surface area (Å²) in [7, 11) is 0. The molecule has 0 saturated carbocycles. The lowest BCUT2D eigenvalue weighted by atomic mass is 9.85. The topological polar surface area (TPSA) is 29.3 Å². The molecular formula is C14H26N2S. The third-order valence-electron chi connectivity index (χ3n) is 4.00. The summed E-state index contributed by atoms with van der Waals surface area (Å²) in [5.74, 6) is 0. The van der Waals surface area contributed by atoms with E-state index in [1.165, 1.54) is 4.88 Å². The molecule has 3 heteroatoms. The van der Waals surface area contributed by atoms with Crippen LogP contribution < -0.4 is 5.73 Å². The molecular weight excluding hydrogens is 228 g/mol. The van der Waals surface area contributed by atoms with Gasteiger partial charge in [0.1, 0.15) is 0 Å². The Balaban J connectivity index is 2.77. The fourth-order valence-electron chi connectivity index (χ4n) is 2.53. The van der Waals surface area contributed by atoms with Gasteiger partial charge in [-0.1, -0.05) is 26.8 Å². The molecule has 0 bridgehead atoms. The average molecular weight is 254 g/mol. The Morgan fingerprint density at radius 1 is 1.35 bits per heavy atom. The third-order valence-corrected chi connectivity index (χ3v) is 4.90. The van der Waals surface area contributed by atoms with Gasteiger partial charge < -0.3 is 5.73 Å². The summed E-state index contributed by atoms with van der Waals surface area (Å²) in [6.45, 7) is 11.1. The van der Waals surface area contributed by atoms with Crippen LogP contribution in [0.15, 0.2) is 17.5 Å². The highest BCUT2D eigenvalue weighted by Gasteiger charge is 2.34. The maximum absolute atomic E-state index is 6.47. The second-order valence-electron chi connectivity index (χ2n) is 4.77. The molecule has 0 amide bonds. The molecule has 0 spiro atoms. The van der Waals surface area contributed by atoms with Crippen LogP contribution in [0, 0.1) is 0 Å². The second kappa shape index (κ2) is 6.53. The van der Waals surface area contributed by atoms with Crippen molar-refractivity contribution < 1.29 is 0 Å². The minimum atomic E-state index is 0.105. The van der Waals surface area contributed by atoms with E-state index in [1.807, 2.05) is 0 Å². The second-order valence-corrected chi connectivity index (χ2v) is 5.81. The van der Waals surface area contributed by atoms with Crippen LogP contribution in [0.1, 0.15) is 39.0 Å². The van der Waals surface area contributed by atoms with E-state index in [1.54, 1.807) is 11.3 Å². The van der Waals surface area contributed by atoms with Gasteiger partial charge in [-0.25, -0.2) is 0 Å². The normalized spacial score (nSPS) is 17.1. The smallest absolute Gasteiger partial charge is 0.0332 e. The van der Waals surface area contributed by atoms with Crippen molar-refractivity contribution in [2.75, 3.05) is 13.1 Å². The fourth-order valence-corrected chi connectivity index (χ4v) is 3.30. The van der Waals surface area contributed by atoms with E-state index in [-0.39, 0.29) is 11.6 Å². The molecule has 0 aliphatic rings. The number of nitrogens with two attached hydrogens (primary N) is 1. The summed E-state index contributed by atoms with van der Waals surface area (Å²) in [5.41, 5.74) is 6.58. The van der Waals surface area contributed by atoms with Crippen molar-refractivity contribution in [3.63, 3.8) is 0 Å². The Kier molecular flexibility index (Phi) is 5.63. The quantitative estimate of drug-likeness (QED) is 0.810. The van der Waals surface area contributed by atoms with Crippen molar-refractivity contribution in [2.24, 2.45) is 5.73 Å². The van der Waals surface area contributed by atoms with Crippen molar-refractivity contribution in [2.45, 2.75) is 52.1 Å². The van der Waals surface area contributed by atoms with E-state index in [2.05, 4.69) is 50.1 Å². The zero-order valence-corrected chi connectivity index (χ0v) is 12.4. The number of likely N-dealkylation sites (N-methyl/N-ethyl adjacent to an activating group) is 1. The molecule has 2 nitrogen and oxygen atoms in total. The Hall–Kier alpha value is -0.380. The maximum atomic E-state index is 6.47. The monoisotopic (exact) mass is 254 g/mol. The van der Waals surface area contributed by atoms with E-state index in [0.717, 1.165) is 25.9 Å². The standard InChI is InChI=1S/C14H26N2S/c1-5-14(4,16(6-2)7-3)13(15)11-12-9-8-10-17-12/h8-10,13H,5-7,11,15H2,1-4H3. The molecule has 2 atom stereocenters. The summed E-state index contributed by atoms with van der Waals surface area (Å²) < 4.78 is 0. The van der Waals surface area contributed by atoms with Crippen LogP contribution in [0.4, 0.5) is 0 Å². The predicted octanol–water partition coefficient (Wildman–Crippen LogP) is 3.13. The number of hydrogen-bond donors (Lipinski definition) is 1. The van der Waals surface area contributed by atoms with Gasteiger partial charge in [-0.2, -0.15) is 0 Å². The molecule has 0 saturated heterocycles. The first-order valence-electron chi connectivity index (χ1n) is 6.61. The van der Waals surface area contributed by atoms with Crippen molar-refractivity contribution >= 4 is 11.3 Å². The lowest BCUT2D eigenvalue weighted by Gasteiger charge is -2.44. The van der Waals surface area contributed by atoms with Crippen molar-refractivity contribution in [1.29, 1.82) is 0 Å². The van der Waals surface area contributed by atoms with Crippen LogP contribution in [0.5, 0.6) is 0 Å². The van der Waals surface area contributed by atoms with Gasteiger partial charge in [0, 0.05) is 16.5 Å². The van der Waals surface area contributed by atoms with Crippen LogP contribution in [-0.4, -0.2) is 29.6 Å². The highest BCUT2D eigenvalue weighted by molar-refractivity contribution is 7.09. The van der Waals surface area contributed by atoms with Crippen molar-refractivity contribution in [3.8, 4) is 0 Å². The predicted molar refractivity (Wildman–Crippen MR) is 77.6 cm³/mol.